The van der Waals surface area contributed by atoms with E-state index >= 15 is 0 Å². The van der Waals surface area contributed by atoms with E-state index in [0.717, 1.165) is 17.8 Å². The van der Waals surface area contributed by atoms with E-state index in [0.29, 0.717) is 13.1 Å². The summed E-state index contributed by atoms with van der Waals surface area (Å²) in [5.41, 5.74) is 1.84. The van der Waals surface area contributed by atoms with Crippen LogP contribution in [0, 0.1) is 0 Å². The van der Waals surface area contributed by atoms with Gasteiger partial charge in [0.1, 0.15) is 0 Å². The molecule has 0 saturated heterocycles. The van der Waals surface area contributed by atoms with Gasteiger partial charge in [0.25, 0.3) is 5.56 Å². The molecular formula is C8H11N3O. The van der Waals surface area contributed by atoms with E-state index in [4.69, 9.17) is 0 Å². The first-order valence-corrected chi connectivity index (χ1v) is 4.11. The summed E-state index contributed by atoms with van der Waals surface area (Å²) in [6, 6.07) is 0. The Kier molecular flexibility index (Phi) is 1.69. The van der Waals surface area contributed by atoms with E-state index < -0.39 is 0 Å². The van der Waals surface area contributed by atoms with Crippen molar-refractivity contribution >= 4 is 0 Å². The Morgan fingerprint density at radius 3 is 3.25 bits per heavy atom. The van der Waals surface area contributed by atoms with Crippen LogP contribution in [0.3, 0.4) is 0 Å². The second kappa shape index (κ2) is 2.71. The molecule has 2 heterocycles. The van der Waals surface area contributed by atoms with E-state index in [9.17, 15) is 4.79 Å². The van der Waals surface area contributed by atoms with Gasteiger partial charge in [-0.1, -0.05) is 0 Å². The summed E-state index contributed by atoms with van der Waals surface area (Å²) >= 11 is 0. The number of nitrogens with zero attached hydrogens (tertiary/aromatic N) is 2. The van der Waals surface area contributed by atoms with Gasteiger partial charge in [-0.25, -0.2) is 4.98 Å². The van der Waals surface area contributed by atoms with Gasteiger partial charge in [0.05, 0.1) is 17.6 Å². The summed E-state index contributed by atoms with van der Waals surface area (Å²) < 4.78 is 1.63. The monoisotopic (exact) mass is 165 g/mol. The Balaban J connectivity index is 2.62. The average Bonchev–Trinajstić information content (AvgIpc) is 2.53. The van der Waals surface area contributed by atoms with Gasteiger partial charge in [-0.2, -0.15) is 0 Å². The summed E-state index contributed by atoms with van der Waals surface area (Å²) in [6.07, 6.45) is 1.62. The highest BCUT2D eigenvalue weighted by Crippen LogP contribution is 2.05. The lowest BCUT2D eigenvalue weighted by Gasteiger charge is -2.02. The molecule has 4 nitrogen and oxygen atoms in total. The first-order chi connectivity index (χ1) is 5.83. The molecule has 0 unspecified atom stereocenters. The molecule has 1 aliphatic rings. The zero-order valence-electron chi connectivity index (χ0n) is 7.00. The summed E-state index contributed by atoms with van der Waals surface area (Å²) in [6.45, 7) is 4.04. The van der Waals surface area contributed by atoms with Crippen LogP contribution in [0.25, 0.3) is 0 Å². The Labute approximate surface area is 70.2 Å². The number of aromatic nitrogens is 2. The fourth-order valence-electron chi connectivity index (χ4n) is 1.43. The van der Waals surface area contributed by atoms with Crippen molar-refractivity contribution in [2.75, 3.05) is 0 Å². The molecule has 0 aliphatic carbocycles. The largest absolute Gasteiger partial charge is 0.307 e. The molecule has 0 atom stereocenters. The predicted molar refractivity (Wildman–Crippen MR) is 44.7 cm³/mol. The van der Waals surface area contributed by atoms with Gasteiger partial charge in [-0.05, 0) is 6.92 Å². The molecule has 0 spiro atoms. The second-order valence-corrected chi connectivity index (χ2v) is 2.86. The minimum atomic E-state index is 0.104. The third-order valence-corrected chi connectivity index (χ3v) is 2.16. The normalized spacial score (nSPS) is 14.8. The van der Waals surface area contributed by atoms with Crippen molar-refractivity contribution < 1.29 is 0 Å². The maximum Gasteiger partial charge on any atom is 0.258 e. The minimum Gasteiger partial charge on any atom is -0.307 e. The Morgan fingerprint density at radius 2 is 2.50 bits per heavy atom. The molecule has 12 heavy (non-hydrogen) atoms. The van der Waals surface area contributed by atoms with Gasteiger partial charge in [-0.3, -0.25) is 9.36 Å². The van der Waals surface area contributed by atoms with Crippen molar-refractivity contribution in [1.29, 1.82) is 0 Å². The van der Waals surface area contributed by atoms with Crippen molar-refractivity contribution in [2.45, 2.75) is 26.6 Å². The van der Waals surface area contributed by atoms with Gasteiger partial charge in [-0.15, -0.1) is 0 Å². The maximum atomic E-state index is 11.6. The molecule has 1 N–H and O–H groups in total. The first kappa shape index (κ1) is 7.49. The van der Waals surface area contributed by atoms with Gasteiger partial charge in [0, 0.05) is 19.6 Å². The molecule has 0 radical (unpaired) electrons. The second-order valence-electron chi connectivity index (χ2n) is 2.86. The molecule has 0 bridgehead atoms. The highest BCUT2D eigenvalue weighted by molar-refractivity contribution is 5.20. The fraction of sp³-hybridized carbons (Fsp3) is 0.500. The molecule has 0 aromatic carbocycles. The average molecular weight is 165 g/mol. The third kappa shape index (κ3) is 0.956. The van der Waals surface area contributed by atoms with Crippen LogP contribution in [-0.4, -0.2) is 9.55 Å². The Morgan fingerprint density at radius 1 is 1.67 bits per heavy atom. The lowest BCUT2D eigenvalue weighted by atomic mass is 10.3. The minimum absolute atomic E-state index is 0.104. The van der Waals surface area contributed by atoms with Gasteiger partial charge >= 0.3 is 0 Å². The smallest absolute Gasteiger partial charge is 0.258 e. The van der Waals surface area contributed by atoms with Crippen molar-refractivity contribution in [2.24, 2.45) is 0 Å². The topological polar surface area (TPSA) is 46.9 Å². The fourth-order valence-corrected chi connectivity index (χ4v) is 1.43. The Hall–Kier alpha value is -1.16. The zero-order chi connectivity index (χ0) is 8.55. The van der Waals surface area contributed by atoms with Crippen molar-refractivity contribution in [3.63, 3.8) is 0 Å². The number of rotatable bonds is 1. The van der Waals surface area contributed by atoms with Crippen LogP contribution in [0.2, 0.25) is 0 Å². The van der Waals surface area contributed by atoms with E-state index in [2.05, 4.69) is 10.3 Å². The molecule has 0 fully saturated rings. The summed E-state index contributed by atoms with van der Waals surface area (Å²) in [4.78, 5) is 15.8. The molecule has 1 aromatic heterocycles. The number of fused-ring (bicyclic) bond motifs is 1. The van der Waals surface area contributed by atoms with E-state index in [-0.39, 0.29) is 5.56 Å². The molecule has 4 heteroatoms. The molecule has 0 amide bonds. The Bertz CT molecular complexity index is 356. The summed E-state index contributed by atoms with van der Waals surface area (Å²) in [5.74, 6) is 0. The van der Waals surface area contributed by atoms with Crippen molar-refractivity contribution in [1.82, 2.24) is 14.9 Å². The summed E-state index contributed by atoms with van der Waals surface area (Å²) in [5, 5.41) is 3.10. The molecule has 1 aliphatic heterocycles. The van der Waals surface area contributed by atoms with Crippen LogP contribution in [0.4, 0.5) is 0 Å². The van der Waals surface area contributed by atoms with Crippen LogP contribution in [-0.2, 0) is 19.6 Å². The zero-order valence-corrected chi connectivity index (χ0v) is 7.00. The number of hydrogen-bond acceptors (Lipinski definition) is 3. The number of hydrogen-bond donors (Lipinski definition) is 1. The standard InChI is InChI=1S/C8H11N3O/c1-2-11-5-10-7-4-9-3-6(7)8(11)12/h5,9H,2-4H2,1H3. The summed E-state index contributed by atoms with van der Waals surface area (Å²) in [7, 11) is 0. The van der Waals surface area contributed by atoms with Crippen LogP contribution in [0.5, 0.6) is 0 Å². The van der Waals surface area contributed by atoms with E-state index in [1.165, 1.54) is 0 Å². The van der Waals surface area contributed by atoms with Crippen LogP contribution < -0.4 is 10.9 Å². The lowest BCUT2D eigenvalue weighted by Crippen LogP contribution is -2.23. The highest BCUT2D eigenvalue weighted by Gasteiger charge is 2.15. The molecule has 0 saturated carbocycles. The molecule has 2 rings (SSSR count). The molecule has 1 aromatic rings. The van der Waals surface area contributed by atoms with Crippen molar-refractivity contribution in [3.8, 4) is 0 Å². The highest BCUT2D eigenvalue weighted by atomic mass is 16.1. The van der Waals surface area contributed by atoms with Gasteiger partial charge in [0.2, 0.25) is 0 Å². The lowest BCUT2D eigenvalue weighted by molar-refractivity contribution is 0.693. The van der Waals surface area contributed by atoms with E-state index in [1.807, 2.05) is 6.92 Å². The van der Waals surface area contributed by atoms with Crippen LogP contribution in [0.15, 0.2) is 11.1 Å². The number of aryl methyl sites for hydroxylation is 1. The third-order valence-electron chi connectivity index (χ3n) is 2.16. The number of nitrogens with one attached hydrogen (secondary N) is 1. The molecule has 64 valence electrons. The quantitative estimate of drug-likeness (QED) is 0.630. The van der Waals surface area contributed by atoms with Crippen LogP contribution >= 0.6 is 0 Å². The predicted octanol–water partition coefficient (Wildman–Crippen LogP) is -0.134. The molecular weight excluding hydrogens is 154 g/mol. The van der Waals surface area contributed by atoms with E-state index in [1.54, 1.807) is 10.9 Å². The SMILES string of the molecule is CCn1cnc2c(c1=O)CNC2. The first-order valence-electron chi connectivity index (χ1n) is 4.11. The van der Waals surface area contributed by atoms with Crippen molar-refractivity contribution in [3.05, 3.63) is 27.9 Å². The van der Waals surface area contributed by atoms with Gasteiger partial charge in [0.15, 0.2) is 0 Å². The van der Waals surface area contributed by atoms with Gasteiger partial charge < -0.3 is 5.32 Å². The van der Waals surface area contributed by atoms with Crippen LogP contribution in [0.1, 0.15) is 18.2 Å². The maximum absolute atomic E-state index is 11.6.